The Bertz CT molecular complexity index is 982. The molecule has 2 aromatic carbocycles. The molecule has 0 aliphatic rings. The van der Waals surface area contributed by atoms with Crippen molar-refractivity contribution in [2.75, 3.05) is 10.6 Å². The van der Waals surface area contributed by atoms with E-state index in [0.717, 1.165) is 5.56 Å². The summed E-state index contributed by atoms with van der Waals surface area (Å²) in [4.78, 5) is 12.2. The van der Waals surface area contributed by atoms with Gasteiger partial charge in [0, 0.05) is 5.56 Å². The van der Waals surface area contributed by atoms with Crippen LogP contribution in [-0.2, 0) is 23.1 Å². The number of amides is 1. The molecule has 1 aromatic heterocycles. The first kappa shape index (κ1) is 18.7. The molecule has 0 aliphatic heterocycles. The Morgan fingerprint density at radius 3 is 2.30 bits per heavy atom. The monoisotopic (exact) mass is 384 g/mol. The number of benzene rings is 2. The van der Waals surface area contributed by atoms with E-state index >= 15 is 0 Å². The van der Waals surface area contributed by atoms with Gasteiger partial charge in [-0.25, -0.2) is 8.42 Å². The largest absolute Gasteiger partial charge is 0.467 e. The molecule has 3 rings (SSSR count). The van der Waals surface area contributed by atoms with Crippen LogP contribution in [0.5, 0.6) is 0 Å². The third-order valence-corrected chi connectivity index (χ3v) is 5.13. The molecule has 27 heavy (non-hydrogen) atoms. The number of rotatable bonds is 7. The molecule has 3 aromatic rings. The van der Waals surface area contributed by atoms with Crippen LogP contribution in [-0.4, -0.2) is 20.6 Å². The highest BCUT2D eigenvalue weighted by atomic mass is 32.2. The zero-order valence-electron chi connectivity index (χ0n) is 14.8. The van der Waals surface area contributed by atoms with E-state index in [1.807, 2.05) is 30.3 Å². The number of anilines is 1. The summed E-state index contributed by atoms with van der Waals surface area (Å²) in [7, 11) is -3.47. The summed E-state index contributed by atoms with van der Waals surface area (Å²) in [5, 5.41) is 2.76. The predicted molar refractivity (Wildman–Crippen MR) is 104 cm³/mol. The SMILES string of the molecule is CS(=O)(=O)N(Cc1ccccc1)c1ccc(C(=O)NCc2ccco2)cc1. The van der Waals surface area contributed by atoms with Gasteiger partial charge in [0.2, 0.25) is 10.0 Å². The molecule has 0 bridgehead atoms. The second-order valence-electron chi connectivity index (χ2n) is 6.06. The van der Waals surface area contributed by atoms with E-state index in [4.69, 9.17) is 4.42 Å². The maximum Gasteiger partial charge on any atom is 0.251 e. The Morgan fingerprint density at radius 2 is 1.70 bits per heavy atom. The lowest BCUT2D eigenvalue weighted by atomic mass is 10.1. The molecule has 0 aliphatic carbocycles. The summed E-state index contributed by atoms with van der Waals surface area (Å²) in [5.41, 5.74) is 1.82. The van der Waals surface area contributed by atoms with Gasteiger partial charge in [-0.3, -0.25) is 9.10 Å². The first-order chi connectivity index (χ1) is 12.9. The summed E-state index contributed by atoms with van der Waals surface area (Å²) < 4.78 is 30.9. The number of furan rings is 1. The fourth-order valence-corrected chi connectivity index (χ4v) is 3.50. The second kappa shape index (κ2) is 8.09. The van der Waals surface area contributed by atoms with Crippen LogP contribution < -0.4 is 9.62 Å². The molecular weight excluding hydrogens is 364 g/mol. The number of nitrogens with one attached hydrogen (secondary N) is 1. The summed E-state index contributed by atoms with van der Waals surface area (Å²) in [6, 6.07) is 19.3. The maximum absolute atomic E-state index is 12.2. The lowest BCUT2D eigenvalue weighted by Gasteiger charge is -2.22. The fraction of sp³-hybridized carbons (Fsp3) is 0.150. The van der Waals surface area contributed by atoms with E-state index in [9.17, 15) is 13.2 Å². The number of hydrogen-bond acceptors (Lipinski definition) is 4. The number of hydrogen-bond donors (Lipinski definition) is 1. The Labute approximate surface area is 158 Å². The maximum atomic E-state index is 12.2. The van der Waals surface area contributed by atoms with Gasteiger partial charge < -0.3 is 9.73 Å². The first-order valence-corrected chi connectivity index (χ1v) is 10.2. The molecular formula is C20H20N2O4S. The van der Waals surface area contributed by atoms with Crippen molar-refractivity contribution in [2.45, 2.75) is 13.1 Å². The number of sulfonamides is 1. The van der Waals surface area contributed by atoms with E-state index < -0.39 is 10.0 Å². The third-order valence-electron chi connectivity index (χ3n) is 3.99. The molecule has 1 amide bonds. The van der Waals surface area contributed by atoms with Gasteiger partial charge in [-0.2, -0.15) is 0 Å². The van der Waals surface area contributed by atoms with Gasteiger partial charge in [0.25, 0.3) is 5.91 Å². The molecule has 1 heterocycles. The normalized spacial score (nSPS) is 11.1. The van der Waals surface area contributed by atoms with Crippen LogP contribution in [0.1, 0.15) is 21.7 Å². The van der Waals surface area contributed by atoms with Crippen molar-refractivity contribution in [3.63, 3.8) is 0 Å². The van der Waals surface area contributed by atoms with E-state index in [1.54, 1.807) is 42.7 Å². The molecule has 0 saturated heterocycles. The van der Waals surface area contributed by atoms with Gasteiger partial charge >= 0.3 is 0 Å². The van der Waals surface area contributed by atoms with E-state index in [1.165, 1.54) is 10.6 Å². The van der Waals surface area contributed by atoms with Gasteiger partial charge in [0.15, 0.2) is 0 Å². The molecule has 0 fully saturated rings. The van der Waals surface area contributed by atoms with Crippen LogP contribution in [0.4, 0.5) is 5.69 Å². The Hall–Kier alpha value is -3.06. The number of nitrogens with zero attached hydrogens (tertiary/aromatic N) is 1. The molecule has 6 nitrogen and oxygen atoms in total. The van der Waals surface area contributed by atoms with Crippen molar-refractivity contribution in [3.8, 4) is 0 Å². The van der Waals surface area contributed by atoms with Gasteiger partial charge in [0.1, 0.15) is 5.76 Å². The van der Waals surface area contributed by atoms with E-state index in [0.29, 0.717) is 17.0 Å². The first-order valence-electron chi connectivity index (χ1n) is 8.36. The van der Waals surface area contributed by atoms with Crippen molar-refractivity contribution >= 4 is 21.6 Å². The number of carbonyl (C=O) groups is 1. The predicted octanol–water partition coefficient (Wildman–Crippen LogP) is 3.18. The van der Waals surface area contributed by atoms with E-state index in [2.05, 4.69) is 5.32 Å². The minimum atomic E-state index is -3.47. The average Bonchev–Trinajstić information content (AvgIpc) is 3.18. The van der Waals surface area contributed by atoms with Crippen LogP contribution in [0, 0.1) is 0 Å². The Morgan fingerprint density at radius 1 is 1.00 bits per heavy atom. The average molecular weight is 384 g/mol. The molecule has 0 spiro atoms. The molecule has 0 atom stereocenters. The fourth-order valence-electron chi connectivity index (χ4n) is 2.61. The summed E-state index contributed by atoms with van der Waals surface area (Å²) in [6.07, 6.45) is 2.71. The number of carbonyl (C=O) groups excluding carboxylic acids is 1. The van der Waals surface area contributed by atoms with Gasteiger partial charge in [-0.05, 0) is 42.0 Å². The molecule has 1 N–H and O–H groups in total. The van der Waals surface area contributed by atoms with Gasteiger partial charge in [-0.1, -0.05) is 30.3 Å². The summed E-state index contributed by atoms with van der Waals surface area (Å²) in [5.74, 6) is 0.401. The highest BCUT2D eigenvalue weighted by molar-refractivity contribution is 7.92. The van der Waals surface area contributed by atoms with Crippen LogP contribution >= 0.6 is 0 Å². The standard InChI is InChI=1S/C20H20N2O4S/c1-27(24,25)22(15-16-6-3-2-4-7-16)18-11-9-17(10-12-18)20(23)21-14-19-8-5-13-26-19/h2-13H,14-15H2,1H3,(H,21,23). The van der Waals surface area contributed by atoms with Crippen LogP contribution in [0.15, 0.2) is 77.4 Å². The van der Waals surface area contributed by atoms with Crippen molar-refractivity contribution in [3.05, 3.63) is 89.9 Å². The van der Waals surface area contributed by atoms with Crippen molar-refractivity contribution < 1.29 is 17.6 Å². The quantitative estimate of drug-likeness (QED) is 0.678. The second-order valence-corrected chi connectivity index (χ2v) is 7.97. The molecule has 140 valence electrons. The zero-order valence-corrected chi connectivity index (χ0v) is 15.6. The van der Waals surface area contributed by atoms with Gasteiger partial charge in [-0.15, -0.1) is 0 Å². The van der Waals surface area contributed by atoms with Crippen molar-refractivity contribution in [1.82, 2.24) is 5.32 Å². The third kappa shape index (κ3) is 4.98. The van der Waals surface area contributed by atoms with Crippen molar-refractivity contribution in [1.29, 1.82) is 0 Å². The Kier molecular flexibility index (Phi) is 5.61. The smallest absolute Gasteiger partial charge is 0.251 e. The van der Waals surface area contributed by atoms with Crippen LogP contribution in [0.3, 0.4) is 0 Å². The molecule has 0 radical (unpaired) electrons. The summed E-state index contributed by atoms with van der Waals surface area (Å²) in [6.45, 7) is 0.515. The lowest BCUT2D eigenvalue weighted by Crippen LogP contribution is -2.29. The van der Waals surface area contributed by atoms with Crippen molar-refractivity contribution in [2.24, 2.45) is 0 Å². The van der Waals surface area contributed by atoms with Crippen LogP contribution in [0.25, 0.3) is 0 Å². The minimum absolute atomic E-state index is 0.226. The zero-order chi connectivity index (χ0) is 19.3. The topological polar surface area (TPSA) is 79.6 Å². The molecule has 0 unspecified atom stereocenters. The van der Waals surface area contributed by atoms with E-state index in [-0.39, 0.29) is 19.0 Å². The Balaban J connectivity index is 1.74. The van der Waals surface area contributed by atoms with Crippen LogP contribution in [0.2, 0.25) is 0 Å². The molecule has 7 heteroatoms. The molecule has 0 saturated carbocycles. The lowest BCUT2D eigenvalue weighted by molar-refractivity contribution is 0.0948. The highest BCUT2D eigenvalue weighted by Gasteiger charge is 2.18. The highest BCUT2D eigenvalue weighted by Crippen LogP contribution is 2.21. The minimum Gasteiger partial charge on any atom is -0.467 e. The summed E-state index contributed by atoms with van der Waals surface area (Å²) >= 11 is 0. The van der Waals surface area contributed by atoms with Gasteiger partial charge in [0.05, 0.1) is 31.3 Å².